The van der Waals surface area contributed by atoms with Gasteiger partial charge < -0.3 is 10.2 Å². The lowest BCUT2D eigenvalue weighted by Gasteiger charge is -2.19. The zero-order valence-corrected chi connectivity index (χ0v) is 11.3. The molecule has 0 radical (unpaired) electrons. The van der Waals surface area contributed by atoms with Crippen LogP contribution >= 0.6 is 0 Å². The molecule has 0 amide bonds. The van der Waals surface area contributed by atoms with Crippen molar-refractivity contribution in [2.75, 3.05) is 0 Å². The molecular weight excluding hydrogens is 228 g/mol. The Labute approximate surface area is 108 Å². The summed E-state index contributed by atoms with van der Waals surface area (Å²) in [4.78, 5) is 10.4. The van der Waals surface area contributed by atoms with Crippen molar-refractivity contribution in [1.82, 2.24) is 0 Å². The van der Waals surface area contributed by atoms with Crippen LogP contribution < -0.4 is 0 Å². The van der Waals surface area contributed by atoms with Crippen molar-refractivity contribution in [1.29, 1.82) is 0 Å². The number of hydrogen-bond donors (Lipinski definition) is 2. The third-order valence-corrected chi connectivity index (χ3v) is 3.00. The topological polar surface area (TPSA) is 57.5 Å². The maximum Gasteiger partial charge on any atom is 0.305 e. The minimum absolute atomic E-state index is 0.140. The fourth-order valence-corrected chi connectivity index (χ4v) is 1.81. The SMILES string of the molecule is CC(C)(C)c1ccc(CCC(O)CC(=O)O)cc1. The molecule has 0 spiro atoms. The Morgan fingerprint density at radius 2 is 1.78 bits per heavy atom. The second-order valence-electron chi connectivity index (χ2n) is 5.74. The normalized spacial score (nSPS) is 13.3. The molecule has 0 saturated heterocycles. The van der Waals surface area contributed by atoms with Gasteiger partial charge in [0.2, 0.25) is 0 Å². The predicted molar refractivity (Wildman–Crippen MR) is 71.7 cm³/mol. The second kappa shape index (κ2) is 6.01. The van der Waals surface area contributed by atoms with Gasteiger partial charge in [0.05, 0.1) is 12.5 Å². The van der Waals surface area contributed by atoms with Gasteiger partial charge in [0.1, 0.15) is 0 Å². The molecule has 1 aromatic carbocycles. The molecule has 1 atom stereocenters. The van der Waals surface area contributed by atoms with Crippen LogP contribution in [0.3, 0.4) is 0 Å². The number of carboxylic acid groups (broad SMARTS) is 1. The number of aliphatic carboxylic acids is 1. The molecule has 0 heterocycles. The van der Waals surface area contributed by atoms with Crippen LogP contribution in [-0.2, 0) is 16.6 Å². The predicted octanol–water partition coefficient (Wildman–Crippen LogP) is 2.75. The minimum atomic E-state index is -0.953. The number of aryl methyl sites for hydroxylation is 1. The van der Waals surface area contributed by atoms with Crippen molar-refractivity contribution >= 4 is 5.97 Å². The van der Waals surface area contributed by atoms with E-state index in [0.717, 1.165) is 5.56 Å². The molecule has 2 N–H and O–H groups in total. The molecule has 1 rings (SSSR count). The monoisotopic (exact) mass is 250 g/mol. The van der Waals surface area contributed by atoms with Gasteiger partial charge in [-0.3, -0.25) is 4.79 Å². The van der Waals surface area contributed by atoms with Crippen LogP contribution in [-0.4, -0.2) is 22.3 Å². The zero-order valence-electron chi connectivity index (χ0n) is 11.3. The highest BCUT2D eigenvalue weighted by atomic mass is 16.4. The van der Waals surface area contributed by atoms with Crippen molar-refractivity contribution in [2.24, 2.45) is 0 Å². The van der Waals surface area contributed by atoms with Crippen molar-refractivity contribution in [2.45, 2.75) is 51.6 Å². The molecule has 0 aliphatic heterocycles. The number of carbonyl (C=O) groups is 1. The van der Waals surface area contributed by atoms with Crippen LogP contribution in [0.4, 0.5) is 0 Å². The van der Waals surface area contributed by atoms with E-state index in [1.54, 1.807) is 0 Å². The first-order valence-electron chi connectivity index (χ1n) is 6.28. The summed E-state index contributed by atoms with van der Waals surface area (Å²) in [7, 11) is 0. The molecule has 0 aliphatic carbocycles. The number of carboxylic acids is 1. The maximum atomic E-state index is 10.4. The molecule has 0 bridgehead atoms. The Kier molecular flexibility index (Phi) is 4.91. The third-order valence-electron chi connectivity index (χ3n) is 3.00. The fraction of sp³-hybridized carbons (Fsp3) is 0.533. The van der Waals surface area contributed by atoms with Gasteiger partial charge in [0.25, 0.3) is 0 Å². The van der Waals surface area contributed by atoms with Crippen molar-refractivity contribution in [3.8, 4) is 0 Å². The van der Waals surface area contributed by atoms with E-state index in [1.165, 1.54) is 5.56 Å². The number of aliphatic hydroxyl groups is 1. The molecule has 100 valence electrons. The Bertz CT molecular complexity index is 387. The zero-order chi connectivity index (χ0) is 13.8. The standard InChI is InChI=1S/C15H22O3/c1-15(2,3)12-7-4-11(5-8-12)6-9-13(16)10-14(17)18/h4-5,7-8,13,16H,6,9-10H2,1-3H3,(H,17,18). The molecule has 3 nitrogen and oxygen atoms in total. The summed E-state index contributed by atoms with van der Waals surface area (Å²) < 4.78 is 0. The van der Waals surface area contributed by atoms with E-state index >= 15 is 0 Å². The average Bonchev–Trinajstić information content (AvgIpc) is 2.25. The lowest BCUT2D eigenvalue weighted by Crippen LogP contribution is -2.14. The van der Waals surface area contributed by atoms with E-state index in [2.05, 4.69) is 32.9 Å². The highest BCUT2D eigenvalue weighted by Crippen LogP contribution is 2.22. The molecule has 0 aromatic heterocycles. The smallest absolute Gasteiger partial charge is 0.305 e. The van der Waals surface area contributed by atoms with Crippen LogP contribution in [0.1, 0.15) is 44.7 Å². The first-order valence-corrected chi connectivity index (χ1v) is 6.28. The number of hydrogen-bond acceptors (Lipinski definition) is 2. The highest BCUT2D eigenvalue weighted by molar-refractivity contribution is 5.67. The van der Waals surface area contributed by atoms with Gasteiger partial charge in [0, 0.05) is 0 Å². The number of rotatable bonds is 5. The first-order chi connectivity index (χ1) is 8.29. The molecule has 0 saturated carbocycles. The van der Waals surface area contributed by atoms with Crippen LogP contribution in [0.2, 0.25) is 0 Å². The second-order valence-corrected chi connectivity index (χ2v) is 5.74. The molecule has 0 aliphatic rings. The van der Waals surface area contributed by atoms with Crippen LogP contribution in [0.25, 0.3) is 0 Å². The maximum absolute atomic E-state index is 10.4. The fourth-order valence-electron chi connectivity index (χ4n) is 1.81. The quantitative estimate of drug-likeness (QED) is 0.844. The van der Waals surface area contributed by atoms with Gasteiger partial charge in [0.15, 0.2) is 0 Å². The average molecular weight is 250 g/mol. The van der Waals surface area contributed by atoms with Gasteiger partial charge in [-0.15, -0.1) is 0 Å². The largest absolute Gasteiger partial charge is 0.481 e. The molecule has 18 heavy (non-hydrogen) atoms. The van der Waals surface area contributed by atoms with Crippen LogP contribution in [0.5, 0.6) is 0 Å². The Morgan fingerprint density at radius 1 is 1.22 bits per heavy atom. The summed E-state index contributed by atoms with van der Waals surface area (Å²) in [6.07, 6.45) is 0.255. The van der Waals surface area contributed by atoms with Gasteiger partial charge in [-0.1, -0.05) is 45.0 Å². The Morgan fingerprint density at radius 3 is 2.22 bits per heavy atom. The van der Waals surface area contributed by atoms with Gasteiger partial charge >= 0.3 is 5.97 Å². The van der Waals surface area contributed by atoms with E-state index < -0.39 is 12.1 Å². The van der Waals surface area contributed by atoms with E-state index in [9.17, 15) is 9.90 Å². The van der Waals surface area contributed by atoms with Gasteiger partial charge in [-0.2, -0.15) is 0 Å². The number of aliphatic hydroxyl groups excluding tert-OH is 1. The summed E-state index contributed by atoms with van der Waals surface area (Å²) >= 11 is 0. The lowest BCUT2D eigenvalue weighted by molar-refractivity contribution is -0.139. The summed E-state index contributed by atoms with van der Waals surface area (Å²) in [5, 5.41) is 18.0. The summed E-state index contributed by atoms with van der Waals surface area (Å²) in [5.74, 6) is -0.953. The summed E-state index contributed by atoms with van der Waals surface area (Å²) in [5.41, 5.74) is 2.55. The van der Waals surface area contributed by atoms with Gasteiger partial charge in [-0.25, -0.2) is 0 Å². The van der Waals surface area contributed by atoms with Crippen molar-refractivity contribution < 1.29 is 15.0 Å². The van der Waals surface area contributed by atoms with E-state index in [0.29, 0.717) is 12.8 Å². The Hall–Kier alpha value is -1.35. The van der Waals surface area contributed by atoms with Crippen molar-refractivity contribution in [3.63, 3.8) is 0 Å². The molecular formula is C15H22O3. The minimum Gasteiger partial charge on any atom is -0.481 e. The van der Waals surface area contributed by atoms with Gasteiger partial charge in [-0.05, 0) is 29.4 Å². The van der Waals surface area contributed by atoms with Crippen LogP contribution in [0.15, 0.2) is 24.3 Å². The highest BCUT2D eigenvalue weighted by Gasteiger charge is 2.13. The van der Waals surface area contributed by atoms with E-state index in [-0.39, 0.29) is 11.8 Å². The Balaban J connectivity index is 2.52. The van der Waals surface area contributed by atoms with E-state index in [4.69, 9.17) is 5.11 Å². The first kappa shape index (κ1) is 14.7. The molecule has 1 unspecified atom stereocenters. The van der Waals surface area contributed by atoms with Crippen LogP contribution in [0, 0.1) is 0 Å². The lowest BCUT2D eigenvalue weighted by atomic mass is 9.86. The summed E-state index contributed by atoms with van der Waals surface area (Å²) in [6.45, 7) is 6.50. The molecule has 3 heteroatoms. The van der Waals surface area contributed by atoms with Crippen molar-refractivity contribution in [3.05, 3.63) is 35.4 Å². The third kappa shape index (κ3) is 4.88. The molecule has 1 aromatic rings. The number of benzene rings is 1. The molecule has 0 fully saturated rings. The van der Waals surface area contributed by atoms with E-state index in [1.807, 2.05) is 12.1 Å². The summed E-state index contributed by atoms with van der Waals surface area (Å²) in [6, 6.07) is 8.29.